The number of benzene rings is 1. The lowest BCUT2D eigenvalue weighted by Crippen LogP contribution is -2.37. The van der Waals surface area contributed by atoms with Gasteiger partial charge in [0.2, 0.25) is 5.91 Å². The van der Waals surface area contributed by atoms with Crippen molar-refractivity contribution in [3.05, 3.63) is 29.8 Å². The Morgan fingerprint density at radius 3 is 2.77 bits per heavy atom. The van der Waals surface area contributed by atoms with E-state index in [9.17, 15) is 9.90 Å². The first kappa shape index (κ1) is 16.9. The summed E-state index contributed by atoms with van der Waals surface area (Å²) < 4.78 is 0. The second kappa shape index (κ2) is 8.88. The summed E-state index contributed by atoms with van der Waals surface area (Å²) in [5.41, 5.74) is 1.99. The summed E-state index contributed by atoms with van der Waals surface area (Å²) in [5, 5.41) is 15.8. The summed E-state index contributed by atoms with van der Waals surface area (Å²) in [6, 6.07) is 7.88. The van der Waals surface area contributed by atoms with Crippen LogP contribution in [0.25, 0.3) is 0 Å². The fourth-order valence-corrected chi connectivity index (χ4v) is 2.78. The molecular weight excluding hydrogens is 278 g/mol. The summed E-state index contributed by atoms with van der Waals surface area (Å²) in [6.45, 7) is 6.33. The van der Waals surface area contributed by atoms with Gasteiger partial charge in [-0.2, -0.15) is 0 Å². The van der Waals surface area contributed by atoms with Crippen molar-refractivity contribution in [2.75, 3.05) is 31.5 Å². The smallest absolute Gasteiger partial charge is 0.221 e. The zero-order valence-electron chi connectivity index (χ0n) is 13.3. The molecule has 122 valence electrons. The van der Waals surface area contributed by atoms with Gasteiger partial charge in [0.25, 0.3) is 0 Å². The molecule has 22 heavy (non-hydrogen) atoms. The lowest BCUT2D eigenvalue weighted by atomic mass is 10.1. The number of nitrogens with one attached hydrogen (secondary N) is 2. The molecule has 0 saturated carbocycles. The summed E-state index contributed by atoms with van der Waals surface area (Å²) in [7, 11) is 0. The normalized spacial score (nSPS) is 16.6. The zero-order valence-corrected chi connectivity index (χ0v) is 13.3. The summed E-state index contributed by atoms with van der Waals surface area (Å²) in [6.07, 6.45) is 2.80. The van der Waals surface area contributed by atoms with E-state index in [1.54, 1.807) is 0 Å². The second-order valence-corrected chi connectivity index (χ2v) is 5.94. The van der Waals surface area contributed by atoms with E-state index in [-0.39, 0.29) is 12.0 Å². The van der Waals surface area contributed by atoms with Crippen LogP contribution in [0, 0.1) is 0 Å². The van der Waals surface area contributed by atoms with Crippen LogP contribution in [0.2, 0.25) is 0 Å². The molecule has 0 unspecified atom stereocenters. The number of nitrogens with zero attached hydrogens (tertiary/aromatic N) is 1. The lowest BCUT2D eigenvalue weighted by Gasteiger charge is -2.29. The zero-order chi connectivity index (χ0) is 15.8. The predicted octanol–water partition coefficient (Wildman–Crippen LogP) is 1.58. The van der Waals surface area contributed by atoms with E-state index in [1.165, 1.54) is 6.92 Å². The summed E-state index contributed by atoms with van der Waals surface area (Å²) >= 11 is 0. The molecule has 0 aliphatic carbocycles. The van der Waals surface area contributed by atoms with Gasteiger partial charge in [-0.1, -0.05) is 18.2 Å². The Morgan fingerprint density at radius 1 is 1.32 bits per heavy atom. The van der Waals surface area contributed by atoms with E-state index in [1.807, 2.05) is 24.3 Å². The van der Waals surface area contributed by atoms with Crippen molar-refractivity contribution in [3.63, 3.8) is 0 Å². The fourth-order valence-electron chi connectivity index (χ4n) is 2.78. The van der Waals surface area contributed by atoms with Crippen LogP contribution in [0.15, 0.2) is 24.3 Å². The van der Waals surface area contributed by atoms with Crippen LogP contribution in [0.1, 0.15) is 31.7 Å². The standard InChI is InChI=1S/C17H27N3O2/c1-14(21)19-17-6-3-2-5-15(17)13-18-9-4-10-20-11-7-16(22)8-12-20/h2-3,5-6,16,18,22H,4,7-13H2,1H3,(H,19,21). The third-order valence-electron chi connectivity index (χ3n) is 4.03. The highest BCUT2D eigenvalue weighted by atomic mass is 16.3. The number of likely N-dealkylation sites (tertiary alicyclic amines) is 1. The van der Waals surface area contributed by atoms with Gasteiger partial charge in [0.1, 0.15) is 0 Å². The quantitative estimate of drug-likeness (QED) is 0.669. The van der Waals surface area contributed by atoms with Gasteiger partial charge < -0.3 is 20.6 Å². The van der Waals surface area contributed by atoms with Gasteiger partial charge >= 0.3 is 0 Å². The molecule has 1 aromatic rings. The number of hydrogen-bond donors (Lipinski definition) is 3. The molecule has 0 bridgehead atoms. The summed E-state index contributed by atoms with van der Waals surface area (Å²) in [5.74, 6) is -0.0419. The maximum Gasteiger partial charge on any atom is 0.221 e. The van der Waals surface area contributed by atoms with Crippen LogP contribution in [-0.4, -0.2) is 48.2 Å². The minimum atomic E-state index is -0.0975. The fraction of sp³-hybridized carbons (Fsp3) is 0.588. The maximum atomic E-state index is 11.2. The molecule has 1 saturated heterocycles. The molecule has 1 aliphatic heterocycles. The Kier molecular flexibility index (Phi) is 6.83. The number of rotatable bonds is 7. The number of carbonyl (C=O) groups is 1. The van der Waals surface area contributed by atoms with Gasteiger partial charge in [0.15, 0.2) is 0 Å². The van der Waals surface area contributed by atoms with Crippen molar-refractivity contribution in [1.29, 1.82) is 0 Å². The third-order valence-corrected chi connectivity index (χ3v) is 4.03. The van der Waals surface area contributed by atoms with E-state index >= 15 is 0 Å². The maximum absolute atomic E-state index is 11.2. The van der Waals surface area contributed by atoms with Gasteiger partial charge in [-0.05, 0) is 44.0 Å². The number of hydrogen-bond acceptors (Lipinski definition) is 4. The molecule has 1 aromatic carbocycles. The van der Waals surface area contributed by atoms with E-state index in [2.05, 4.69) is 15.5 Å². The molecule has 1 aliphatic rings. The topological polar surface area (TPSA) is 64.6 Å². The number of amides is 1. The van der Waals surface area contributed by atoms with Gasteiger partial charge in [-0.15, -0.1) is 0 Å². The van der Waals surface area contributed by atoms with Gasteiger partial charge in [0.05, 0.1) is 6.10 Å². The Bertz CT molecular complexity index is 471. The molecular formula is C17H27N3O2. The number of anilines is 1. The first-order chi connectivity index (χ1) is 10.6. The Balaban J connectivity index is 1.65. The van der Waals surface area contributed by atoms with Gasteiger partial charge in [0, 0.05) is 32.2 Å². The second-order valence-electron chi connectivity index (χ2n) is 5.94. The molecule has 2 rings (SSSR count). The van der Waals surface area contributed by atoms with Crippen LogP contribution in [0.4, 0.5) is 5.69 Å². The Morgan fingerprint density at radius 2 is 2.05 bits per heavy atom. The van der Waals surface area contributed by atoms with Crippen molar-refractivity contribution < 1.29 is 9.90 Å². The molecule has 5 heteroatoms. The molecule has 1 amide bonds. The number of piperidine rings is 1. The van der Waals surface area contributed by atoms with E-state index < -0.39 is 0 Å². The highest BCUT2D eigenvalue weighted by Crippen LogP contribution is 2.14. The monoisotopic (exact) mass is 305 g/mol. The van der Waals surface area contributed by atoms with Crippen LogP contribution < -0.4 is 10.6 Å². The highest BCUT2D eigenvalue weighted by molar-refractivity contribution is 5.89. The number of carbonyl (C=O) groups excluding carboxylic acids is 1. The minimum absolute atomic E-state index is 0.0419. The minimum Gasteiger partial charge on any atom is -0.393 e. The predicted molar refractivity (Wildman–Crippen MR) is 88.8 cm³/mol. The Labute approximate surface area is 132 Å². The van der Waals surface area contributed by atoms with Crippen LogP contribution in [-0.2, 0) is 11.3 Å². The van der Waals surface area contributed by atoms with Crippen molar-refractivity contribution in [2.24, 2.45) is 0 Å². The van der Waals surface area contributed by atoms with Crippen molar-refractivity contribution in [2.45, 2.75) is 38.8 Å². The number of aliphatic hydroxyl groups excluding tert-OH is 1. The van der Waals surface area contributed by atoms with E-state index in [0.29, 0.717) is 0 Å². The summed E-state index contributed by atoms with van der Waals surface area (Å²) in [4.78, 5) is 13.6. The van der Waals surface area contributed by atoms with Crippen LogP contribution in [0.5, 0.6) is 0 Å². The highest BCUT2D eigenvalue weighted by Gasteiger charge is 2.15. The van der Waals surface area contributed by atoms with E-state index in [4.69, 9.17) is 0 Å². The van der Waals surface area contributed by atoms with Crippen molar-refractivity contribution in [3.8, 4) is 0 Å². The van der Waals surface area contributed by atoms with Gasteiger partial charge in [-0.3, -0.25) is 4.79 Å². The molecule has 1 fully saturated rings. The largest absolute Gasteiger partial charge is 0.393 e. The molecule has 5 nitrogen and oxygen atoms in total. The molecule has 0 atom stereocenters. The van der Waals surface area contributed by atoms with E-state index in [0.717, 1.165) is 63.2 Å². The van der Waals surface area contributed by atoms with Crippen molar-refractivity contribution in [1.82, 2.24) is 10.2 Å². The van der Waals surface area contributed by atoms with Gasteiger partial charge in [-0.25, -0.2) is 0 Å². The Hall–Kier alpha value is -1.43. The number of aliphatic hydroxyl groups is 1. The molecule has 0 radical (unpaired) electrons. The first-order valence-electron chi connectivity index (χ1n) is 8.12. The molecule has 3 N–H and O–H groups in total. The van der Waals surface area contributed by atoms with Crippen molar-refractivity contribution >= 4 is 11.6 Å². The average Bonchev–Trinajstić information content (AvgIpc) is 2.50. The lowest BCUT2D eigenvalue weighted by molar-refractivity contribution is -0.114. The molecule has 1 heterocycles. The van der Waals surface area contributed by atoms with Crippen LogP contribution >= 0.6 is 0 Å². The first-order valence-corrected chi connectivity index (χ1v) is 8.12. The average molecular weight is 305 g/mol. The SMILES string of the molecule is CC(=O)Nc1ccccc1CNCCCN1CCC(O)CC1. The molecule has 0 aromatic heterocycles. The molecule has 0 spiro atoms. The van der Waals surface area contributed by atoms with Crippen LogP contribution in [0.3, 0.4) is 0 Å². The third kappa shape index (κ3) is 5.75. The number of para-hydroxylation sites is 1.